The second-order valence-electron chi connectivity index (χ2n) is 1.83. The van der Waals surface area contributed by atoms with Crippen molar-refractivity contribution in [3.05, 3.63) is 0 Å². The lowest BCUT2D eigenvalue weighted by atomic mass is 11.9. The normalized spacial score (nSPS) is 14.8. The summed E-state index contributed by atoms with van der Waals surface area (Å²) in [5.41, 5.74) is 0. The Balaban J connectivity index is 5.87. The van der Waals surface area contributed by atoms with Crippen LogP contribution in [-0.4, -0.2) is 42.8 Å². The van der Waals surface area contributed by atoms with Gasteiger partial charge in [-0.2, -0.15) is 25.3 Å². The molecule has 0 aromatic heterocycles. The van der Waals surface area contributed by atoms with Crippen LogP contribution in [0, 0.1) is 0 Å². The van der Waals surface area contributed by atoms with Gasteiger partial charge in [0.15, 0.2) is 0 Å². The van der Waals surface area contributed by atoms with Crippen molar-refractivity contribution in [2.24, 2.45) is 0 Å². The Labute approximate surface area is 73.6 Å². The van der Waals surface area contributed by atoms with Crippen molar-refractivity contribution < 1.29 is 38.9 Å². The second kappa shape index (κ2) is 3.14. The molecule has 80 valence electrons. The molecule has 0 heterocycles. The van der Waals surface area contributed by atoms with E-state index in [9.17, 15) is 25.3 Å². The van der Waals surface area contributed by atoms with Gasteiger partial charge in [-0.15, -0.1) is 0 Å². The molecule has 0 rings (SSSR count). The first kappa shape index (κ1) is 12.7. The fourth-order valence-electron chi connectivity index (χ4n) is 0.461. The zero-order chi connectivity index (χ0) is 11.1. The first-order chi connectivity index (χ1) is 5.37. The van der Waals surface area contributed by atoms with E-state index in [1.165, 1.54) is 0 Å². The smallest absolute Gasteiger partial charge is 0.284 e. The summed E-state index contributed by atoms with van der Waals surface area (Å²) < 4.78 is 81.1. The van der Waals surface area contributed by atoms with Crippen LogP contribution in [-0.2, 0) is 30.4 Å². The Morgan fingerprint density at radius 1 is 0.615 bits per heavy atom. The van der Waals surface area contributed by atoms with Gasteiger partial charge in [0, 0.05) is 0 Å². The lowest BCUT2D eigenvalue weighted by Crippen LogP contribution is -2.36. The molecule has 0 saturated carbocycles. The molecule has 0 aliphatic rings. The molecule has 0 unspecified atom stereocenters. The maximum absolute atomic E-state index is 10.1. The van der Waals surface area contributed by atoms with Crippen molar-refractivity contribution in [3.63, 3.8) is 0 Å². The molecule has 0 saturated heterocycles. The Hall–Kier alpha value is -0.270. The monoisotopic (exact) mass is 256 g/mol. The predicted octanol–water partition coefficient (Wildman–Crippen LogP) is -2.07. The summed E-state index contributed by atoms with van der Waals surface area (Å²) in [6.45, 7) is 0. The zero-order valence-electron chi connectivity index (χ0n) is 5.59. The molecule has 0 aromatic rings. The van der Waals surface area contributed by atoms with Crippen molar-refractivity contribution in [1.29, 1.82) is 0 Å². The highest BCUT2D eigenvalue weighted by molar-refractivity contribution is 8.19. The van der Waals surface area contributed by atoms with Gasteiger partial charge in [-0.1, -0.05) is 0 Å². The van der Waals surface area contributed by atoms with E-state index in [4.69, 9.17) is 13.7 Å². The van der Waals surface area contributed by atoms with E-state index in [1.807, 2.05) is 0 Å². The van der Waals surface area contributed by atoms with Crippen molar-refractivity contribution in [3.8, 4) is 0 Å². The van der Waals surface area contributed by atoms with Crippen LogP contribution >= 0.6 is 0 Å². The van der Waals surface area contributed by atoms with Gasteiger partial charge in [0.05, 0.1) is 0 Å². The second-order valence-corrected chi connectivity index (χ2v) is 7.23. The molecule has 0 amide bonds. The van der Waals surface area contributed by atoms with Gasteiger partial charge < -0.3 is 0 Å². The highest BCUT2D eigenvalue weighted by Gasteiger charge is 2.46. The predicted molar refractivity (Wildman–Crippen MR) is 38.4 cm³/mol. The maximum Gasteiger partial charge on any atom is 0.336 e. The van der Waals surface area contributed by atoms with Gasteiger partial charge in [-0.25, -0.2) is 0 Å². The van der Waals surface area contributed by atoms with E-state index in [2.05, 4.69) is 0 Å². The summed E-state index contributed by atoms with van der Waals surface area (Å²) in [6, 6.07) is 0. The fourth-order valence-corrected chi connectivity index (χ4v) is 4.15. The molecule has 0 radical (unpaired) electrons. The van der Waals surface area contributed by atoms with Crippen LogP contribution in [0.5, 0.6) is 0 Å². The SMILES string of the molecule is O=S(=O)(O)C(S(=O)(=O)O)S(=O)(=O)O. The minimum absolute atomic E-state index is 3.69. The Kier molecular flexibility index (Phi) is 3.08. The van der Waals surface area contributed by atoms with Gasteiger partial charge in [0.1, 0.15) is 0 Å². The first-order valence-electron chi connectivity index (χ1n) is 2.25. The average Bonchev–Trinajstić information content (AvgIpc) is 1.44. The van der Waals surface area contributed by atoms with E-state index in [-0.39, 0.29) is 0 Å². The summed E-state index contributed by atoms with van der Waals surface area (Å²) in [7, 11) is -17.0. The average molecular weight is 256 g/mol. The minimum atomic E-state index is -5.66. The Morgan fingerprint density at radius 2 is 0.769 bits per heavy atom. The summed E-state index contributed by atoms with van der Waals surface area (Å²) >= 11 is 0. The molecular weight excluding hydrogens is 252 g/mol. The lowest BCUT2D eigenvalue weighted by Gasteiger charge is -2.05. The third kappa shape index (κ3) is 3.53. The fraction of sp³-hybridized carbons (Fsp3) is 1.00. The zero-order valence-corrected chi connectivity index (χ0v) is 8.04. The Morgan fingerprint density at radius 3 is 0.769 bits per heavy atom. The van der Waals surface area contributed by atoms with Crippen molar-refractivity contribution >= 4 is 30.4 Å². The number of rotatable bonds is 3. The molecule has 0 spiro atoms. The Bertz CT molecular complexity index is 397. The van der Waals surface area contributed by atoms with Gasteiger partial charge >= 0.3 is 34.3 Å². The van der Waals surface area contributed by atoms with E-state index >= 15 is 0 Å². The molecule has 0 aliphatic carbocycles. The summed E-state index contributed by atoms with van der Waals surface area (Å²) in [4.78, 5) is 0. The molecular formula is CH4O9S3. The van der Waals surface area contributed by atoms with Gasteiger partial charge in [0.2, 0.25) is 0 Å². The van der Waals surface area contributed by atoms with Gasteiger partial charge in [-0.05, 0) is 0 Å². The summed E-state index contributed by atoms with van der Waals surface area (Å²) in [5.74, 6) is 0. The van der Waals surface area contributed by atoms with Gasteiger partial charge in [-0.3, -0.25) is 13.7 Å². The highest BCUT2D eigenvalue weighted by atomic mass is 32.3. The number of hydrogen-bond acceptors (Lipinski definition) is 6. The molecule has 13 heavy (non-hydrogen) atoms. The largest absolute Gasteiger partial charge is 0.336 e. The third-order valence-corrected chi connectivity index (χ3v) is 6.57. The lowest BCUT2D eigenvalue weighted by molar-refractivity contribution is 0.449. The van der Waals surface area contributed by atoms with Crippen molar-refractivity contribution in [1.82, 2.24) is 0 Å². The van der Waals surface area contributed by atoms with E-state index in [0.717, 1.165) is 0 Å². The first-order valence-corrected chi connectivity index (χ1v) is 6.76. The van der Waals surface area contributed by atoms with Crippen LogP contribution in [0.25, 0.3) is 0 Å². The van der Waals surface area contributed by atoms with Gasteiger partial charge in [0.25, 0.3) is 0 Å². The van der Waals surface area contributed by atoms with Crippen LogP contribution in [0.1, 0.15) is 0 Å². The quantitative estimate of drug-likeness (QED) is 0.481. The van der Waals surface area contributed by atoms with Crippen LogP contribution in [0.15, 0.2) is 0 Å². The van der Waals surface area contributed by atoms with Crippen molar-refractivity contribution in [2.45, 2.75) is 3.91 Å². The molecule has 12 heteroatoms. The van der Waals surface area contributed by atoms with E-state index in [1.54, 1.807) is 0 Å². The standard InChI is InChI=1S/CH4O9S3/c2-11(3,4)1(12(5,6)7)13(8,9)10/h1H,(H,2,3,4)(H,5,6,7)(H,8,9,10). The minimum Gasteiger partial charge on any atom is -0.284 e. The molecule has 0 aromatic carbocycles. The van der Waals surface area contributed by atoms with Crippen molar-refractivity contribution in [2.75, 3.05) is 0 Å². The molecule has 0 bridgehead atoms. The number of hydrogen-bond donors (Lipinski definition) is 3. The molecule has 9 nitrogen and oxygen atoms in total. The molecule has 0 atom stereocenters. The summed E-state index contributed by atoms with van der Waals surface area (Å²) in [6.07, 6.45) is 0. The van der Waals surface area contributed by atoms with E-state index in [0.29, 0.717) is 0 Å². The maximum atomic E-state index is 10.1. The van der Waals surface area contributed by atoms with Crippen LogP contribution < -0.4 is 0 Å². The summed E-state index contributed by atoms with van der Waals surface area (Å²) in [5, 5.41) is 0. The van der Waals surface area contributed by atoms with Crippen LogP contribution in [0.3, 0.4) is 0 Å². The van der Waals surface area contributed by atoms with Crippen LogP contribution in [0.2, 0.25) is 0 Å². The van der Waals surface area contributed by atoms with E-state index < -0.39 is 34.3 Å². The molecule has 0 aliphatic heterocycles. The molecule has 0 fully saturated rings. The third-order valence-electron chi connectivity index (χ3n) is 0.730. The van der Waals surface area contributed by atoms with Crippen LogP contribution in [0.4, 0.5) is 0 Å². The topological polar surface area (TPSA) is 163 Å². The molecule has 3 N–H and O–H groups in total. The highest BCUT2D eigenvalue weighted by Crippen LogP contribution is 2.12.